The van der Waals surface area contributed by atoms with Crippen molar-refractivity contribution < 1.29 is 38.8 Å². The van der Waals surface area contributed by atoms with Crippen LogP contribution in [0.1, 0.15) is 72.8 Å². The van der Waals surface area contributed by atoms with E-state index in [1.54, 1.807) is 13.1 Å². The number of hydrogen-bond acceptors (Lipinski definition) is 4. The molecule has 0 unspecified atom stereocenters. The summed E-state index contributed by atoms with van der Waals surface area (Å²) in [6, 6.07) is 21.9. The minimum Gasteiger partial charge on any atom is -0.512 e. The summed E-state index contributed by atoms with van der Waals surface area (Å²) in [4.78, 5) is 17.3. The molecule has 3 aromatic carbocycles. The summed E-state index contributed by atoms with van der Waals surface area (Å²) in [5.41, 5.74) is 1.48. The molecule has 0 atom stereocenters. The molecule has 0 aliphatic rings. The Bertz CT molecular complexity index is 1850. The number of benzene rings is 3. The first kappa shape index (κ1) is 37.2. The van der Waals surface area contributed by atoms with Gasteiger partial charge in [0.15, 0.2) is 5.78 Å². The van der Waals surface area contributed by atoms with Crippen LogP contribution in [0, 0.1) is 35.5 Å². The number of aromatic nitrogens is 1. The fraction of sp³-hybridized carbons (Fsp3) is 0.333. The molecule has 2 heterocycles. The van der Waals surface area contributed by atoms with Crippen molar-refractivity contribution in [3.8, 4) is 21.7 Å². The zero-order valence-electron chi connectivity index (χ0n) is 27.6. The Kier molecular flexibility index (Phi) is 12.6. The molecule has 0 saturated heterocycles. The third kappa shape index (κ3) is 7.65. The van der Waals surface area contributed by atoms with Crippen molar-refractivity contribution in [3.63, 3.8) is 0 Å². The van der Waals surface area contributed by atoms with Gasteiger partial charge in [-0.3, -0.25) is 9.78 Å². The summed E-state index contributed by atoms with van der Waals surface area (Å²) in [5.74, 6) is -0.784. The van der Waals surface area contributed by atoms with Crippen LogP contribution in [0.3, 0.4) is 0 Å². The quantitative estimate of drug-likeness (QED) is 0.0916. The summed E-state index contributed by atoms with van der Waals surface area (Å²) < 4.78 is 29.9. The molecule has 245 valence electrons. The van der Waals surface area contributed by atoms with Crippen LogP contribution in [-0.2, 0) is 24.9 Å². The zero-order chi connectivity index (χ0) is 32.9. The van der Waals surface area contributed by atoms with Gasteiger partial charge in [0.25, 0.3) is 0 Å². The molecule has 3 nitrogen and oxygen atoms in total. The second-order valence-corrected chi connectivity index (χ2v) is 13.2. The zero-order valence-corrected chi connectivity index (χ0v) is 30.8. The fourth-order valence-corrected chi connectivity index (χ4v) is 6.30. The summed E-state index contributed by atoms with van der Waals surface area (Å²) in [6.07, 6.45) is 6.48. The molecule has 0 bridgehead atoms. The summed E-state index contributed by atoms with van der Waals surface area (Å²) >= 11 is 1.35. The topological polar surface area (TPSA) is 50.2 Å². The Morgan fingerprint density at radius 1 is 0.913 bits per heavy atom. The molecule has 7 heteroatoms. The summed E-state index contributed by atoms with van der Waals surface area (Å²) in [6.45, 7) is 13.7. The smallest absolute Gasteiger partial charge is 0.164 e. The normalized spacial score (nSPS) is 12.1. The number of rotatable bonds is 9. The number of aryl methyl sites for hydroxylation is 1. The molecule has 5 aromatic rings. The van der Waals surface area contributed by atoms with Crippen molar-refractivity contribution in [1.29, 1.82) is 0 Å². The van der Waals surface area contributed by atoms with Gasteiger partial charge in [0.2, 0.25) is 0 Å². The van der Waals surface area contributed by atoms with E-state index in [1.807, 2.05) is 90.1 Å². The maximum Gasteiger partial charge on any atom is 0.164 e. The predicted molar refractivity (Wildman–Crippen MR) is 185 cm³/mol. The van der Waals surface area contributed by atoms with E-state index < -0.39 is 11.6 Å². The number of nitrogens with zero attached hydrogens (tertiary/aromatic N) is 1. The molecule has 5 rings (SSSR count). The average molecular weight is 819 g/mol. The first-order chi connectivity index (χ1) is 21.4. The van der Waals surface area contributed by atoms with E-state index in [-0.39, 0.29) is 48.0 Å². The first-order valence-corrected chi connectivity index (χ1v) is 16.4. The SMILES string of the molecule is CCC(C)(CC)C(=O)/C=C(\O)C(C)(CC)CC.Cc1ccc(F)c(-c2cc3ccnc(-c4[c-]c5ccccc5cc4)c3s2)c1F.[Ir]. The fourth-order valence-electron chi connectivity index (χ4n) is 5.10. The van der Waals surface area contributed by atoms with Gasteiger partial charge < -0.3 is 5.11 Å². The number of aliphatic hydroxyl groups excluding tert-OH is 1. The Morgan fingerprint density at radius 3 is 2.22 bits per heavy atom. The molecular weight excluding hydrogens is 777 g/mol. The number of aliphatic hydroxyl groups is 1. The van der Waals surface area contributed by atoms with Gasteiger partial charge in [0, 0.05) is 58.5 Å². The van der Waals surface area contributed by atoms with Gasteiger partial charge in [-0.2, -0.15) is 0 Å². The number of hydrogen-bond donors (Lipinski definition) is 1. The number of halogens is 2. The Morgan fingerprint density at radius 2 is 1.57 bits per heavy atom. The van der Waals surface area contributed by atoms with Crippen LogP contribution in [-0.4, -0.2) is 15.9 Å². The van der Waals surface area contributed by atoms with Crippen molar-refractivity contribution in [2.24, 2.45) is 10.8 Å². The van der Waals surface area contributed by atoms with Gasteiger partial charge in [0.05, 0.1) is 5.56 Å². The molecule has 1 N–H and O–H groups in total. The largest absolute Gasteiger partial charge is 0.512 e. The first-order valence-electron chi connectivity index (χ1n) is 15.6. The third-order valence-electron chi connectivity index (χ3n) is 9.48. The van der Waals surface area contributed by atoms with Crippen LogP contribution in [0.15, 0.2) is 78.7 Å². The number of ketones is 1. The molecule has 2 aromatic heterocycles. The van der Waals surface area contributed by atoms with E-state index in [4.69, 9.17) is 0 Å². The second kappa shape index (κ2) is 15.6. The standard InChI is InChI=1S/C24H14F2NS.C15H28O2.Ir/c1-14-6-9-19(25)21(22(14)26)20-13-18-10-11-27-23(24(18)28-20)17-8-7-15-4-2-3-5-16(15)12-17;1-7-14(5,8-2)12(16)11-13(17)15(6,9-3)10-4;/h2-11,13H,1H3;11,16H,7-10H2,1-6H3;/q-1;;/b;12-11-;. The van der Waals surface area contributed by atoms with Crippen molar-refractivity contribution in [3.05, 3.63) is 102 Å². The average Bonchev–Trinajstić information content (AvgIpc) is 3.49. The van der Waals surface area contributed by atoms with Crippen molar-refractivity contribution in [2.45, 2.75) is 74.1 Å². The molecular formula is C39H42F2IrNO2S-. The van der Waals surface area contributed by atoms with E-state index in [1.165, 1.54) is 29.5 Å². The van der Waals surface area contributed by atoms with E-state index in [2.05, 4.69) is 11.1 Å². The number of carbonyl (C=O) groups is 1. The second-order valence-electron chi connectivity index (χ2n) is 12.1. The number of pyridine rings is 1. The number of thiophene rings is 1. The minimum atomic E-state index is -0.554. The molecule has 0 aliphatic heterocycles. The van der Waals surface area contributed by atoms with Gasteiger partial charge in [-0.1, -0.05) is 76.8 Å². The van der Waals surface area contributed by atoms with Crippen molar-refractivity contribution in [1.82, 2.24) is 4.98 Å². The van der Waals surface area contributed by atoms with E-state index in [9.17, 15) is 18.7 Å². The Labute approximate surface area is 289 Å². The predicted octanol–water partition coefficient (Wildman–Crippen LogP) is 11.8. The Balaban J connectivity index is 0.000000280. The third-order valence-corrected chi connectivity index (χ3v) is 10.7. The number of allylic oxidation sites excluding steroid dienone is 2. The monoisotopic (exact) mass is 819 g/mol. The van der Waals surface area contributed by atoms with Gasteiger partial charge in [-0.05, 0) is 61.8 Å². The summed E-state index contributed by atoms with van der Waals surface area (Å²) in [7, 11) is 0. The van der Waals surface area contributed by atoms with Gasteiger partial charge in [0.1, 0.15) is 17.4 Å². The van der Waals surface area contributed by atoms with Crippen LogP contribution < -0.4 is 0 Å². The van der Waals surface area contributed by atoms with Gasteiger partial charge >= 0.3 is 0 Å². The van der Waals surface area contributed by atoms with Crippen LogP contribution in [0.2, 0.25) is 0 Å². The Hall–Kier alpha value is -3.25. The summed E-state index contributed by atoms with van der Waals surface area (Å²) in [5, 5.41) is 13.2. The number of fused-ring (bicyclic) bond motifs is 2. The van der Waals surface area contributed by atoms with Crippen LogP contribution in [0.4, 0.5) is 8.78 Å². The molecule has 0 spiro atoms. The minimum absolute atomic E-state index is 0. The molecule has 1 radical (unpaired) electrons. The van der Waals surface area contributed by atoms with Crippen LogP contribution in [0.25, 0.3) is 42.6 Å². The maximum atomic E-state index is 14.6. The van der Waals surface area contributed by atoms with Gasteiger partial charge in [-0.25, -0.2) is 8.78 Å². The molecule has 0 aliphatic carbocycles. The molecule has 0 saturated carbocycles. The van der Waals surface area contributed by atoms with Gasteiger partial charge in [-0.15, -0.1) is 41.0 Å². The van der Waals surface area contributed by atoms with Crippen LogP contribution in [0.5, 0.6) is 0 Å². The van der Waals surface area contributed by atoms with E-state index in [0.29, 0.717) is 10.4 Å². The number of carbonyl (C=O) groups excluding carboxylic acids is 1. The molecule has 0 amide bonds. The molecule has 46 heavy (non-hydrogen) atoms. The van der Waals surface area contributed by atoms with Crippen LogP contribution >= 0.6 is 11.3 Å². The van der Waals surface area contributed by atoms with Crippen molar-refractivity contribution in [2.75, 3.05) is 0 Å². The molecule has 0 fully saturated rings. The van der Waals surface area contributed by atoms with E-state index >= 15 is 0 Å². The maximum absolute atomic E-state index is 14.6. The van der Waals surface area contributed by atoms with E-state index in [0.717, 1.165) is 57.8 Å². The van der Waals surface area contributed by atoms with Crippen molar-refractivity contribution >= 4 is 38.0 Å².